The summed E-state index contributed by atoms with van der Waals surface area (Å²) in [6.45, 7) is 0.729. The molecule has 5 nitrogen and oxygen atoms in total. The molecule has 0 saturated carbocycles. The van der Waals surface area contributed by atoms with E-state index in [4.69, 9.17) is 4.74 Å². The minimum Gasteiger partial charge on any atom is -0.457 e. The maximum atomic E-state index is 13.0. The van der Waals surface area contributed by atoms with Crippen molar-refractivity contribution >= 4 is 10.0 Å². The van der Waals surface area contributed by atoms with Gasteiger partial charge >= 0.3 is 6.36 Å². The Labute approximate surface area is 177 Å². The van der Waals surface area contributed by atoms with E-state index < -0.39 is 16.4 Å². The van der Waals surface area contributed by atoms with E-state index in [1.165, 1.54) is 40.7 Å². The summed E-state index contributed by atoms with van der Waals surface area (Å²) in [4.78, 5) is 0.146. The number of sulfonamides is 1. The fourth-order valence-electron chi connectivity index (χ4n) is 3.35. The first-order chi connectivity index (χ1) is 14.7. The van der Waals surface area contributed by atoms with E-state index in [2.05, 4.69) is 4.74 Å². The predicted octanol–water partition coefficient (Wildman–Crippen LogP) is 5.12. The summed E-state index contributed by atoms with van der Waals surface area (Å²) >= 11 is 0. The number of nitrogens with zero attached hydrogens (tertiary/aromatic N) is 1. The summed E-state index contributed by atoms with van der Waals surface area (Å²) in [5, 5.41) is 0. The highest BCUT2D eigenvalue weighted by Crippen LogP contribution is 2.29. The van der Waals surface area contributed by atoms with Crippen molar-refractivity contribution < 1.29 is 31.1 Å². The lowest BCUT2D eigenvalue weighted by atomic mass is 10.0. The van der Waals surface area contributed by atoms with Gasteiger partial charge in [-0.3, -0.25) is 0 Å². The number of benzene rings is 3. The van der Waals surface area contributed by atoms with Crippen molar-refractivity contribution in [2.75, 3.05) is 6.54 Å². The van der Waals surface area contributed by atoms with Crippen molar-refractivity contribution in [3.63, 3.8) is 0 Å². The lowest BCUT2D eigenvalue weighted by Crippen LogP contribution is -2.35. The molecule has 9 heteroatoms. The van der Waals surface area contributed by atoms with Crippen molar-refractivity contribution in [3.8, 4) is 17.2 Å². The second-order valence-corrected chi connectivity index (χ2v) is 8.89. The number of alkyl halides is 3. The molecule has 31 heavy (non-hydrogen) atoms. The summed E-state index contributed by atoms with van der Waals surface area (Å²) in [5.41, 5.74) is 2.15. The SMILES string of the molecule is O=S(=O)(c1ccc(Oc2ccc(OC(F)(F)F)cc2)cc1)N1CCc2ccccc2C1. The monoisotopic (exact) mass is 449 g/mol. The van der Waals surface area contributed by atoms with Gasteiger partial charge in [0.2, 0.25) is 10.0 Å². The normalized spacial score (nSPS) is 14.7. The average Bonchev–Trinajstić information content (AvgIpc) is 2.74. The van der Waals surface area contributed by atoms with Crippen molar-refractivity contribution in [1.82, 2.24) is 4.31 Å². The van der Waals surface area contributed by atoms with Crippen molar-refractivity contribution in [1.29, 1.82) is 0 Å². The lowest BCUT2D eigenvalue weighted by molar-refractivity contribution is -0.274. The number of fused-ring (bicyclic) bond motifs is 1. The van der Waals surface area contributed by atoms with Crippen LogP contribution in [0.15, 0.2) is 77.7 Å². The van der Waals surface area contributed by atoms with Gasteiger partial charge < -0.3 is 9.47 Å². The first-order valence-electron chi connectivity index (χ1n) is 9.41. The smallest absolute Gasteiger partial charge is 0.457 e. The summed E-state index contributed by atoms with van der Waals surface area (Å²) in [5.74, 6) is 0.287. The molecule has 1 aliphatic rings. The zero-order valence-corrected chi connectivity index (χ0v) is 17.0. The molecular weight excluding hydrogens is 431 g/mol. The van der Waals surface area contributed by atoms with E-state index in [1.807, 2.05) is 24.3 Å². The molecule has 0 atom stereocenters. The highest BCUT2D eigenvalue weighted by atomic mass is 32.2. The molecule has 0 unspecified atom stereocenters. The number of rotatable bonds is 5. The van der Waals surface area contributed by atoms with E-state index in [0.717, 1.165) is 23.3 Å². The fraction of sp³-hybridized carbons (Fsp3) is 0.182. The van der Waals surface area contributed by atoms with Crippen LogP contribution in [0.3, 0.4) is 0 Å². The van der Waals surface area contributed by atoms with Gasteiger partial charge in [-0.15, -0.1) is 13.2 Å². The number of hydrogen-bond donors (Lipinski definition) is 0. The molecular formula is C22H18F3NO4S. The Morgan fingerprint density at radius 3 is 1.94 bits per heavy atom. The van der Waals surface area contributed by atoms with E-state index in [9.17, 15) is 21.6 Å². The van der Waals surface area contributed by atoms with Crippen molar-refractivity contribution in [2.24, 2.45) is 0 Å². The minimum absolute atomic E-state index is 0.146. The Balaban J connectivity index is 1.44. The van der Waals surface area contributed by atoms with Crippen LogP contribution >= 0.6 is 0 Å². The maximum Gasteiger partial charge on any atom is 0.573 e. The molecule has 0 N–H and O–H groups in total. The Bertz CT molecular complexity index is 1160. The van der Waals surface area contributed by atoms with Crippen molar-refractivity contribution in [3.05, 3.63) is 83.9 Å². The van der Waals surface area contributed by atoms with Gasteiger partial charge in [0.1, 0.15) is 17.2 Å². The van der Waals surface area contributed by atoms with Gasteiger partial charge in [-0.05, 0) is 66.1 Å². The Hall–Kier alpha value is -3.04. The van der Waals surface area contributed by atoms with Crippen LogP contribution in [0.4, 0.5) is 13.2 Å². The maximum absolute atomic E-state index is 13.0. The van der Waals surface area contributed by atoms with E-state index >= 15 is 0 Å². The van der Waals surface area contributed by atoms with Crippen LogP contribution in [0, 0.1) is 0 Å². The van der Waals surface area contributed by atoms with Gasteiger partial charge in [0, 0.05) is 13.1 Å². The first kappa shape index (κ1) is 21.2. The highest BCUT2D eigenvalue weighted by Gasteiger charge is 2.31. The predicted molar refractivity (Wildman–Crippen MR) is 107 cm³/mol. The summed E-state index contributed by atoms with van der Waals surface area (Å²) in [6, 6.07) is 18.6. The molecule has 3 aromatic rings. The molecule has 0 amide bonds. The number of halogens is 3. The van der Waals surface area contributed by atoms with Gasteiger partial charge in [-0.2, -0.15) is 4.31 Å². The van der Waals surface area contributed by atoms with Crippen LogP contribution in [-0.2, 0) is 23.0 Å². The third kappa shape index (κ3) is 5.00. The Morgan fingerprint density at radius 1 is 0.774 bits per heavy atom. The van der Waals surface area contributed by atoms with Gasteiger partial charge in [0.25, 0.3) is 0 Å². The molecule has 0 spiro atoms. The zero-order chi connectivity index (χ0) is 22.1. The number of ether oxygens (including phenoxy) is 2. The molecule has 3 aromatic carbocycles. The van der Waals surface area contributed by atoms with Crippen LogP contribution in [-0.4, -0.2) is 25.6 Å². The lowest BCUT2D eigenvalue weighted by Gasteiger charge is -2.28. The van der Waals surface area contributed by atoms with Crippen LogP contribution in [0.2, 0.25) is 0 Å². The molecule has 0 radical (unpaired) electrons. The fourth-order valence-corrected chi connectivity index (χ4v) is 4.77. The third-order valence-electron chi connectivity index (χ3n) is 4.85. The van der Waals surface area contributed by atoms with Crippen LogP contribution in [0.25, 0.3) is 0 Å². The average molecular weight is 449 g/mol. The summed E-state index contributed by atoms with van der Waals surface area (Å²) in [6.07, 6.45) is -4.11. The van der Waals surface area contributed by atoms with Crippen LogP contribution in [0.5, 0.6) is 17.2 Å². The summed E-state index contributed by atoms with van der Waals surface area (Å²) < 4.78 is 73.5. The minimum atomic E-state index is -4.76. The topological polar surface area (TPSA) is 55.8 Å². The zero-order valence-electron chi connectivity index (χ0n) is 16.2. The second kappa shape index (κ2) is 8.24. The van der Waals surface area contributed by atoms with Crippen molar-refractivity contribution in [2.45, 2.75) is 24.2 Å². The van der Waals surface area contributed by atoms with Gasteiger partial charge in [-0.25, -0.2) is 8.42 Å². The quantitative estimate of drug-likeness (QED) is 0.542. The van der Waals surface area contributed by atoms with Gasteiger partial charge in [-0.1, -0.05) is 24.3 Å². The van der Waals surface area contributed by atoms with Crippen LogP contribution in [0.1, 0.15) is 11.1 Å². The Kier molecular flexibility index (Phi) is 5.63. The van der Waals surface area contributed by atoms with Gasteiger partial charge in [0.05, 0.1) is 4.90 Å². The molecule has 0 saturated heterocycles. The first-order valence-corrected chi connectivity index (χ1v) is 10.9. The third-order valence-corrected chi connectivity index (χ3v) is 6.71. The molecule has 1 heterocycles. The Morgan fingerprint density at radius 2 is 1.32 bits per heavy atom. The molecule has 4 rings (SSSR count). The highest BCUT2D eigenvalue weighted by molar-refractivity contribution is 7.89. The van der Waals surface area contributed by atoms with E-state index in [1.54, 1.807) is 0 Å². The molecule has 0 aliphatic carbocycles. The van der Waals surface area contributed by atoms with Crippen LogP contribution < -0.4 is 9.47 Å². The second-order valence-electron chi connectivity index (χ2n) is 6.95. The standard InChI is InChI=1S/C22H18F3NO4S/c23-22(24,25)30-20-7-5-18(6-8-20)29-19-9-11-21(12-10-19)31(27,28)26-14-13-16-3-1-2-4-17(16)15-26/h1-12H,13-15H2. The largest absolute Gasteiger partial charge is 0.573 e. The molecule has 1 aliphatic heterocycles. The van der Waals surface area contributed by atoms with Gasteiger partial charge in [0.15, 0.2) is 0 Å². The van der Waals surface area contributed by atoms with E-state index in [0.29, 0.717) is 25.3 Å². The molecule has 162 valence electrons. The molecule has 0 bridgehead atoms. The molecule has 0 aromatic heterocycles. The number of hydrogen-bond acceptors (Lipinski definition) is 4. The van der Waals surface area contributed by atoms with E-state index in [-0.39, 0.29) is 16.4 Å². The summed E-state index contributed by atoms with van der Waals surface area (Å²) in [7, 11) is -3.66. The molecule has 0 fully saturated rings.